The molecule has 1 aromatic rings. The number of carbonyl (C=O) groups is 1. The number of hydrogen-bond donors (Lipinski definition) is 1. The van der Waals surface area contributed by atoms with Gasteiger partial charge in [-0.1, -0.05) is 23.2 Å². The fourth-order valence-corrected chi connectivity index (χ4v) is 1.56. The summed E-state index contributed by atoms with van der Waals surface area (Å²) in [7, 11) is 0.838. The lowest BCUT2D eigenvalue weighted by Crippen LogP contribution is -2.28. The van der Waals surface area contributed by atoms with Crippen LogP contribution in [0.5, 0.6) is 0 Å². The smallest absolute Gasteiger partial charge is 0.381 e. The van der Waals surface area contributed by atoms with Gasteiger partial charge in [-0.2, -0.15) is 8.78 Å². The molecule has 2 N–H and O–H groups in total. The largest absolute Gasteiger partial charge is 0.464 e. The average Bonchev–Trinajstić information content (AvgIpc) is 2.22. The molecule has 0 amide bonds. The van der Waals surface area contributed by atoms with Gasteiger partial charge in [-0.15, -0.1) is 0 Å². The van der Waals surface area contributed by atoms with Crippen molar-refractivity contribution in [2.45, 2.75) is 5.92 Å². The zero-order chi connectivity index (χ0) is 12.5. The summed E-state index contributed by atoms with van der Waals surface area (Å²) in [5, 5.41) is -0.458. The van der Waals surface area contributed by atoms with E-state index in [1.807, 2.05) is 0 Å². The summed E-state index contributed by atoms with van der Waals surface area (Å²) >= 11 is 11.1. The van der Waals surface area contributed by atoms with Crippen LogP contribution in [0.25, 0.3) is 0 Å². The lowest BCUT2D eigenvalue weighted by molar-refractivity contribution is -0.170. The highest BCUT2D eigenvalue weighted by Crippen LogP contribution is 2.41. The number of esters is 1. The first-order valence-corrected chi connectivity index (χ1v) is 4.78. The molecule has 0 unspecified atom stereocenters. The summed E-state index contributed by atoms with van der Waals surface area (Å²) in [6.07, 6.45) is 0. The minimum Gasteiger partial charge on any atom is -0.464 e. The molecule has 0 spiro atoms. The minimum atomic E-state index is -3.93. The number of halogens is 4. The Labute approximate surface area is 100 Å². The van der Waals surface area contributed by atoms with E-state index in [4.69, 9.17) is 28.9 Å². The maximum Gasteiger partial charge on any atom is 0.381 e. The van der Waals surface area contributed by atoms with E-state index in [1.54, 1.807) is 0 Å². The lowest BCUT2D eigenvalue weighted by Gasteiger charge is -2.17. The van der Waals surface area contributed by atoms with Gasteiger partial charge in [0, 0.05) is 0 Å². The van der Waals surface area contributed by atoms with Gasteiger partial charge in [0.15, 0.2) is 0 Å². The third-order valence-corrected chi connectivity index (χ3v) is 2.54. The van der Waals surface area contributed by atoms with Crippen molar-refractivity contribution < 1.29 is 18.3 Å². The van der Waals surface area contributed by atoms with Crippen molar-refractivity contribution in [2.75, 3.05) is 12.8 Å². The number of methoxy groups -OCH3 is 1. The van der Waals surface area contributed by atoms with Gasteiger partial charge < -0.3 is 10.5 Å². The zero-order valence-corrected chi connectivity index (χ0v) is 9.57. The molecule has 0 heterocycles. The molecule has 1 rings (SSSR count). The molecular weight excluding hydrogens is 263 g/mol. The molecular formula is C9H7Cl2F2NO2. The van der Waals surface area contributed by atoms with E-state index in [9.17, 15) is 13.6 Å². The van der Waals surface area contributed by atoms with Crippen molar-refractivity contribution in [3.63, 3.8) is 0 Å². The Kier molecular flexibility index (Phi) is 3.60. The molecule has 0 aliphatic carbocycles. The van der Waals surface area contributed by atoms with Crippen molar-refractivity contribution in [1.82, 2.24) is 0 Å². The van der Waals surface area contributed by atoms with Crippen molar-refractivity contribution in [3.05, 3.63) is 27.7 Å². The number of rotatable bonds is 2. The molecule has 1 aromatic carbocycles. The molecule has 0 atom stereocenters. The first-order valence-electron chi connectivity index (χ1n) is 4.02. The third-order valence-electron chi connectivity index (χ3n) is 1.90. The van der Waals surface area contributed by atoms with Crippen LogP contribution in [-0.2, 0) is 15.5 Å². The summed E-state index contributed by atoms with van der Waals surface area (Å²) < 4.78 is 31.1. The molecule has 0 fully saturated rings. The summed E-state index contributed by atoms with van der Waals surface area (Å²) in [5.41, 5.74) is 4.08. The number of benzene rings is 1. The molecule has 0 radical (unpaired) electrons. The van der Waals surface area contributed by atoms with E-state index in [2.05, 4.69) is 4.74 Å². The molecule has 0 saturated heterocycles. The van der Waals surface area contributed by atoms with E-state index in [-0.39, 0.29) is 10.0 Å². The van der Waals surface area contributed by atoms with Gasteiger partial charge in [0.25, 0.3) is 0 Å². The highest BCUT2D eigenvalue weighted by atomic mass is 35.5. The Morgan fingerprint density at radius 3 is 2.38 bits per heavy atom. The number of ether oxygens (including phenoxy) is 1. The summed E-state index contributed by atoms with van der Waals surface area (Å²) in [5.74, 6) is -5.68. The molecule has 16 heavy (non-hydrogen) atoms. The Morgan fingerprint density at radius 2 is 1.88 bits per heavy atom. The molecule has 0 aliphatic heterocycles. The highest BCUT2D eigenvalue weighted by Gasteiger charge is 2.46. The fourth-order valence-electron chi connectivity index (χ4n) is 1.12. The number of alkyl halides is 2. The van der Waals surface area contributed by atoms with Gasteiger partial charge in [0.05, 0.1) is 28.4 Å². The number of anilines is 1. The Hall–Kier alpha value is -1.07. The molecule has 0 aliphatic rings. The van der Waals surface area contributed by atoms with E-state index in [0.717, 1.165) is 13.2 Å². The van der Waals surface area contributed by atoms with Gasteiger partial charge in [-0.3, -0.25) is 0 Å². The second-order valence-electron chi connectivity index (χ2n) is 2.88. The first kappa shape index (κ1) is 13.0. The molecule has 7 heteroatoms. The number of hydrogen-bond acceptors (Lipinski definition) is 3. The Morgan fingerprint density at radius 1 is 1.38 bits per heavy atom. The minimum absolute atomic E-state index is 0.108. The highest BCUT2D eigenvalue weighted by molar-refractivity contribution is 6.36. The predicted octanol–water partition coefficient (Wildman–Crippen LogP) is 2.84. The molecule has 0 bridgehead atoms. The normalized spacial score (nSPS) is 11.3. The number of carbonyl (C=O) groups excluding carboxylic acids is 1. The topological polar surface area (TPSA) is 52.3 Å². The molecule has 0 saturated carbocycles. The average molecular weight is 270 g/mol. The standard InChI is InChI=1S/C9H7Cl2F2NO2/c1-16-8(15)9(12,13)6-4(10)2-3-5(11)7(6)14/h2-3H,14H2,1H3. The van der Waals surface area contributed by atoms with Gasteiger partial charge in [-0.25, -0.2) is 4.79 Å². The number of nitrogen functional groups attached to an aromatic ring is 1. The Bertz CT molecular complexity index is 438. The van der Waals surface area contributed by atoms with E-state index < -0.39 is 23.1 Å². The molecule has 3 nitrogen and oxygen atoms in total. The van der Waals surface area contributed by atoms with Gasteiger partial charge in [0.2, 0.25) is 0 Å². The van der Waals surface area contributed by atoms with Crippen LogP contribution < -0.4 is 5.73 Å². The fraction of sp³-hybridized carbons (Fsp3) is 0.222. The third kappa shape index (κ3) is 2.05. The van der Waals surface area contributed by atoms with Gasteiger partial charge in [0.1, 0.15) is 0 Å². The monoisotopic (exact) mass is 269 g/mol. The van der Waals surface area contributed by atoms with Gasteiger partial charge >= 0.3 is 11.9 Å². The Balaban J connectivity index is 3.43. The van der Waals surface area contributed by atoms with Gasteiger partial charge in [-0.05, 0) is 12.1 Å². The van der Waals surface area contributed by atoms with E-state index >= 15 is 0 Å². The molecule has 0 aromatic heterocycles. The predicted molar refractivity (Wildman–Crippen MR) is 56.8 cm³/mol. The summed E-state index contributed by atoms with van der Waals surface area (Å²) in [4.78, 5) is 10.9. The van der Waals surface area contributed by atoms with Crippen LogP contribution in [0.4, 0.5) is 14.5 Å². The quantitative estimate of drug-likeness (QED) is 0.664. The van der Waals surface area contributed by atoms with E-state index in [1.165, 1.54) is 6.07 Å². The van der Waals surface area contributed by atoms with Crippen LogP contribution in [-0.4, -0.2) is 13.1 Å². The maximum absolute atomic E-state index is 13.6. The van der Waals surface area contributed by atoms with Crippen LogP contribution >= 0.6 is 23.2 Å². The second-order valence-corrected chi connectivity index (χ2v) is 3.70. The van der Waals surface area contributed by atoms with Crippen molar-refractivity contribution >= 4 is 34.9 Å². The summed E-state index contributed by atoms with van der Waals surface area (Å²) in [6, 6.07) is 2.39. The van der Waals surface area contributed by atoms with Crippen molar-refractivity contribution in [2.24, 2.45) is 0 Å². The zero-order valence-electron chi connectivity index (χ0n) is 8.06. The van der Waals surface area contributed by atoms with Crippen LogP contribution in [0.15, 0.2) is 12.1 Å². The lowest BCUT2D eigenvalue weighted by atomic mass is 10.1. The first-order chi connectivity index (χ1) is 7.32. The van der Waals surface area contributed by atoms with Crippen LogP contribution in [0.2, 0.25) is 10.0 Å². The van der Waals surface area contributed by atoms with E-state index in [0.29, 0.717) is 0 Å². The van der Waals surface area contributed by atoms with Crippen molar-refractivity contribution in [3.8, 4) is 0 Å². The van der Waals surface area contributed by atoms with Crippen LogP contribution in [0, 0.1) is 0 Å². The maximum atomic E-state index is 13.6. The van der Waals surface area contributed by atoms with Crippen LogP contribution in [0.1, 0.15) is 5.56 Å². The molecule has 88 valence electrons. The summed E-state index contributed by atoms with van der Waals surface area (Å²) in [6.45, 7) is 0. The van der Waals surface area contributed by atoms with Crippen LogP contribution in [0.3, 0.4) is 0 Å². The van der Waals surface area contributed by atoms with Crippen molar-refractivity contribution in [1.29, 1.82) is 0 Å². The second kappa shape index (κ2) is 4.43. The number of nitrogens with two attached hydrogens (primary N) is 1. The SMILES string of the molecule is COC(=O)C(F)(F)c1c(Cl)ccc(Cl)c1N.